The van der Waals surface area contributed by atoms with Crippen LogP contribution in [-0.2, 0) is 0 Å². The molecule has 0 radical (unpaired) electrons. The molecule has 0 amide bonds. The van der Waals surface area contributed by atoms with Crippen molar-refractivity contribution in [1.29, 1.82) is 0 Å². The summed E-state index contributed by atoms with van der Waals surface area (Å²) in [6.07, 6.45) is 4.91. The smallest absolute Gasteiger partial charge is 0.229 e. The lowest BCUT2D eigenvalue weighted by molar-refractivity contribution is 1.07. The van der Waals surface area contributed by atoms with Gasteiger partial charge in [-0.25, -0.2) is 4.98 Å². The molecule has 2 aromatic heterocycles. The zero-order chi connectivity index (χ0) is 15.6. The largest absolute Gasteiger partial charge is 0.324 e. The van der Waals surface area contributed by atoms with Gasteiger partial charge in [0.05, 0.1) is 5.69 Å². The summed E-state index contributed by atoms with van der Waals surface area (Å²) in [5, 5.41) is 13.6. The van der Waals surface area contributed by atoms with Gasteiger partial charge in [-0.1, -0.05) is 18.2 Å². The predicted octanol–water partition coefficient (Wildman–Crippen LogP) is 3.78. The van der Waals surface area contributed by atoms with Crippen LogP contribution in [0.5, 0.6) is 0 Å². The average molecular weight is 304 g/mol. The van der Waals surface area contributed by atoms with E-state index in [9.17, 15) is 0 Å². The van der Waals surface area contributed by atoms with Crippen molar-refractivity contribution in [2.75, 3.05) is 10.6 Å². The maximum atomic E-state index is 4.46. The summed E-state index contributed by atoms with van der Waals surface area (Å²) in [4.78, 5) is 8.71. The molecule has 0 unspecified atom stereocenters. The van der Waals surface area contributed by atoms with E-state index in [0.29, 0.717) is 11.8 Å². The molecule has 114 valence electrons. The molecule has 0 saturated heterocycles. The van der Waals surface area contributed by atoms with Crippen LogP contribution in [0.3, 0.4) is 0 Å². The van der Waals surface area contributed by atoms with Crippen LogP contribution >= 0.6 is 0 Å². The number of hydrogen-bond donors (Lipinski definition) is 3. The second-order valence-corrected chi connectivity index (χ2v) is 5.49. The number of hydrogen-bond acceptors (Lipinski definition) is 5. The number of anilines is 4. The molecule has 0 fully saturated rings. The predicted molar refractivity (Wildman–Crippen MR) is 91.0 cm³/mol. The highest BCUT2D eigenvalue weighted by atomic mass is 15.2. The van der Waals surface area contributed by atoms with Crippen LogP contribution < -0.4 is 10.6 Å². The van der Waals surface area contributed by atoms with E-state index in [0.717, 1.165) is 23.6 Å². The Labute approximate surface area is 133 Å². The zero-order valence-electron chi connectivity index (χ0n) is 12.7. The molecule has 0 atom stereocenters. The number of H-pyrrole nitrogens is 1. The minimum Gasteiger partial charge on any atom is -0.324 e. The molecular weight excluding hydrogens is 288 g/mol. The fourth-order valence-electron chi connectivity index (χ4n) is 2.29. The van der Waals surface area contributed by atoms with Gasteiger partial charge in [0, 0.05) is 18.0 Å². The molecule has 3 aromatic rings. The fourth-order valence-corrected chi connectivity index (χ4v) is 2.29. The molecule has 6 nitrogen and oxygen atoms in total. The van der Waals surface area contributed by atoms with E-state index in [1.165, 1.54) is 11.1 Å². The molecule has 6 heteroatoms. The normalized spacial score (nSPS) is 12.7. The topological polar surface area (TPSA) is 78.5 Å². The van der Waals surface area contributed by atoms with Crippen LogP contribution in [0.25, 0.3) is 5.57 Å². The third kappa shape index (κ3) is 3.21. The van der Waals surface area contributed by atoms with Gasteiger partial charge < -0.3 is 10.6 Å². The lowest BCUT2D eigenvalue weighted by Gasteiger charge is -2.07. The van der Waals surface area contributed by atoms with Crippen LogP contribution in [-0.4, -0.2) is 20.2 Å². The minimum atomic E-state index is 0.543. The molecule has 3 N–H and O–H groups in total. The van der Waals surface area contributed by atoms with E-state index in [-0.39, 0.29) is 0 Å². The highest BCUT2D eigenvalue weighted by Crippen LogP contribution is 2.30. The highest BCUT2D eigenvalue weighted by molar-refractivity contribution is 5.76. The van der Waals surface area contributed by atoms with Crippen molar-refractivity contribution in [1.82, 2.24) is 20.2 Å². The number of allylic oxidation sites excluding steroid dienone is 2. The maximum Gasteiger partial charge on any atom is 0.229 e. The van der Waals surface area contributed by atoms with E-state index >= 15 is 0 Å². The summed E-state index contributed by atoms with van der Waals surface area (Å²) >= 11 is 0. The zero-order valence-corrected chi connectivity index (χ0v) is 12.7. The number of aryl methyl sites for hydroxylation is 1. The summed E-state index contributed by atoms with van der Waals surface area (Å²) in [5.74, 6) is 1.98. The molecule has 0 bridgehead atoms. The Hall–Kier alpha value is -3.15. The van der Waals surface area contributed by atoms with Crippen LogP contribution in [0.15, 0.2) is 48.7 Å². The minimum absolute atomic E-state index is 0.543. The molecule has 2 heterocycles. The second kappa shape index (κ2) is 5.57. The van der Waals surface area contributed by atoms with E-state index in [2.05, 4.69) is 49.9 Å². The van der Waals surface area contributed by atoms with Crippen molar-refractivity contribution in [2.45, 2.75) is 13.3 Å². The maximum absolute atomic E-state index is 4.46. The van der Waals surface area contributed by atoms with Gasteiger partial charge in [0.25, 0.3) is 0 Å². The fraction of sp³-hybridized carbons (Fsp3) is 0.118. The van der Waals surface area contributed by atoms with Gasteiger partial charge in [-0.05, 0) is 42.7 Å². The van der Waals surface area contributed by atoms with Gasteiger partial charge in [-0.15, -0.1) is 0 Å². The molecule has 1 aliphatic rings. The lowest BCUT2D eigenvalue weighted by atomic mass is 10.2. The lowest BCUT2D eigenvalue weighted by Crippen LogP contribution is -2.00. The molecule has 0 spiro atoms. The van der Waals surface area contributed by atoms with Crippen molar-refractivity contribution in [3.8, 4) is 0 Å². The Bertz CT molecular complexity index is 880. The summed E-state index contributed by atoms with van der Waals surface area (Å²) in [6.45, 7) is 2.05. The first-order chi connectivity index (χ1) is 11.3. The van der Waals surface area contributed by atoms with Crippen molar-refractivity contribution >= 4 is 28.8 Å². The van der Waals surface area contributed by atoms with Crippen LogP contribution in [0.4, 0.5) is 23.3 Å². The van der Waals surface area contributed by atoms with E-state index in [1.54, 1.807) is 6.20 Å². The first kappa shape index (κ1) is 13.5. The van der Waals surface area contributed by atoms with Crippen LogP contribution in [0, 0.1) is 6.92 Å². The molecule has 1 aromatic carbocycles. The van der Waals surface area contributed by atoms with E-state index in [4.69, 9.17) is 0 Å². The number of rotatable bonds is 5. The SMILES string of the molecule is Cc1cccc(Nc2nccc(Nc3cc(C4=CC4)[nH]n3)n2)c1. The van der Waals surface area contributed by atoms with Crippen molar-refractivity contribution in [2.24, 2.45) is 0 Å². The highest BCUT2D eigenvalue weighted by Gasteiger charge is 2.13. The summed E-state index contributed by atoms with van der Waals surface area (Å²) in [5.41, 5.74) is 4.50. The number of aromatic amines is 1. The molecule has 23 heavy (non-hydrogen) atoms. The van der Waals surface area contributed by atoms with Crippen molar-refractivity contribution < 1.29 is 0 Å². The summed E-state index contributed by atoms with van der Waals surface area (Å²) in [7, 11) is 0. The van der Waals surface area contributed by atoms with Gasteiger partial charge in [0.1, 0.15) is 5.82 Å². The van der Waals surface area contributed by atoms with Crippen molar-refractivity contribution in [3.05, 3.63) is 59.9 Å². The first-order valence-electron chi connectivity index (χ1n) is 7.45. The molecule has 4 rings (SSSR count). The third-order valence-electron chi connectivity index (χ3n) is 3.52. The Balaban J connectivity index is 1.50. The Morgan fingerprint density at radius 3 is 2.83 bits per heavy atom. The number of nitrogens with one attached hydrogen (secondary N) is 3. The third-order valence-corrected chi connectivity index (χ3v) is 3.52. The second-order valence-electron chi connectivity index (χ2n) is 5.49. The monoisotopic (exact) mass is 304 g/mol. The number of benzene rings is 1. The van der Waals surface area contributed by atoms with Gasteiger partial charge in [0.15, 0.2) is 5.82 Å². The van der Waals surface area contributed by atoms with E-state index in [1.807, 2.05) is 30.3 Å². The molecular formula is C17H16N6. The number of aromatic nitrogens is 4. The number of nitrogens with zero attached hydrogens (tertiary/aromatic N) is 3. The average Bonchev–Trinajstić information content (AvgIpc) is 3.28. The van der Waals surface area contributed by atoms with Crippen LogP contribution in [0.2, 0.25) is 0 Å². The Kier molecular flexibility index (Phi) is 3.27. The standard InChI is InChI=1S/C17H16N6/c1-11-3-2-4-13(9-11)19-17-18-8-7-15(21-17)20-16-10-14(22-23-16)12-5-6-12/h2-5,7-10H,6H2,1H3,(H3,18,19,20,21,22,23). The first-order valence-corrected chi connectivity index (χ1v) is 7.45. The van der Waals surface area contributed by atoms with Gasteiger partial charge in [-0.3, -0.25) is 5.10 Å². The molecule has 1 aliphatic carbocycles. The molecule has 0 aliphatic heterocycles. The van der Waals surface area contributed by atoms with Gasteiger partial charge in [0.2, 0.25) is 5.95 Å². The quantitative estimate of drug-likeness (QED) is 0.668. The van der Waals surface area contributed by atoms with Gasteiger partial charge in [-0.2, -0.15) is 10.1 Å². The molecule has 0 saturated carbocycles. The van der Waals surface area contributed by atoms with Gasteiger partial charge >= 0.3 is 0 Å². The Morgan fingerprint density at radius 2 is 2.00 bits per heavy atom. The van der Waals surface area contributed by atoms with E-state index < -0.39 is 0 Å². The summed E-state index contributed by atoms with van der Waals surface area (Å²) < 4.78 is 0. The Morgan fingerprint density at radius 1 is 1.09 bits per heavy atom. The summed E-state index contributed by atoms with van der Waals surface area (Å²) in [6, 6.07) is 11.9. The van der Waals surface area contributed by atoms with Crippen molar-refractivity contribution in [3.63, 3.8) is 0 Å². The van der Waals surface area contributed by atoms with Crippen LogP contribution in [0.1, 0.15) is 17.7 Å².